The van der Waals surface area contributed by atoms with Gasteiger partial charge in [-0.3, -0.25) is 4.79 Å². The number of benzene rings is 1. The number of carbonyl (C=O) groups excluding carboxylic acids is 2. The molecule has 0 saturated carbocycles. The molecule has 0 unspecified atom stereocenters. The number of esters is 2. The van der Waals surface area contributed by atoms with Gasteiger partial charge in [-0.1, -0.05) is 11.6 Å². The van der Waals surface area contributed by atoms with Crippen LogP contribution in [0.15, 0.2) is 24.3 Å². The molecule has 1 aromatic heterocycles. The highest BCUT2D eigenvalue weighted by molar-refractivity contribution is 6.31. The van der Waals surface area contributed by atoms with Crippen molar-refractivity contribution in [3.05, 3.63) is 35.0 Å². The van der Waals surface area contributed by atoms with Crippen LogP contribution < -0.4 is 5.32 Å². The van der Waals surface area contributed by atoms with Gasteiger partial charge in [0.2, 0.25) is 0 Å². The lowest BCUT2D eigenvalue weighted by Gasteiger charge is -2.20. The van der Waals surface area contributed by atoms with Gasteiger partial charge in [-0.15, -0.1) is 0 Å². The van der Waals surface area contributed by atoms with Crippen molar-refractivity contribution in [2.75, 3.05) is 19.0 Å². The average molecular weight is 351 g/mol. The normalized spacial score (nSPS) is 11.2. The number of methoxy groups -OCH3 is 1. The average Bonchev–Trinajstić information content (AvgIpc) is 2.49. The lowest BCUT2D eigenvalue weighted by Crippen LogP contribution is -2.28. The van der Waals surface area contributed by atoms with E-state index in [-0.39, 0.29) is 12.2 Å². The van der Waals surface area contributed by atoms with Gasteiger partial charge in [0.25, 0.3) is 0 Å². The lowest BCUT2D eigenvalue weighted by atomic mass is 10.1. The van der Waals surface area contributed by atoms with E-state index in [1.165, 1.54) is 7.11 Å². The summed E-state index contributed by atoms with van der Waals surface area (Å²) in [7, 11) is 1.28. The molecule has 2 rings (SSSR count). The summed E-state index contributed by atoms with van der Waals surface area (Å²) in [6.45, 7) is 5.29. The van der Waals surface area contributed by atoms with Crippen molar-refractivity contribution in [1.82, 2.24) is 4.98 Å². The molecule has 24 heavy (non-hydrogen) atoms. The second-order valence-corrected chi connectivity index (χ2v) is 6.59. The van der Waals surface area contributed by atoms with Crippen LogP contribution in [0.2, 0.25) is 5.02 Å². The monoisotopic (exact) mass is 350 g/mol. The first-order valence-corrected chi connectivity index (χ1v) is 7.72. The molecule has 1 heterocycles. The van der Waals surface area contributed by atoms with Crippen molar-refractivity contribution in [3.63, 3.8) is 0 Å². The molecule has 128 valence electrons. The number of fused-ring (bicyclic) bond motifs is 1. The number of pyridine rings is 1. The second-order valence-electron chi connectivity index (χ2n) is 6.15. The van der Waals surface area contributed by atoms with Gasteiger partial charge in [0.15, 0.2) is 5.69 Å². The van der Waals surface area contributed by atoms with Crippen LogP contribution in [0.1, 0.15) is 31.3 Å². The Hall–Kier alpha value is -2.34. The van der Waals surface area contributed by atoms with Crippen molar-refractivity contribution in [2.45, 2.75) is 26.4 Å². The summed E-state index contributed by atoms with van der Waals surface area (Å²) in [6, 6.07) is 6.78. The Morgan fingerprint density at radius 1 is 1.25 bits per heavy atom. The molecule has 0 bridgehead atoms. The first kappa shape index (κ1) is 18.0. The van der Waals surface area contributed by atoms with Crippen molar-refractivity contribution in [3.8, 4) is 0 Å². The van der Waals surface area contributed by atoms with Crippen LogP contribution in [0.25, 0.3) is 10.8 Å². The van der Waals surface area contributed by atoms with E-state index in [2.05, 4.69) is 10.3 Å². The van der Waals surface area contributed by atoms with Crippen LogP contribution in [-0.2, 0) is 14.3 Å². The Kier molecular flexibility index (Phi) is 5.29. The van der Waals surface area contributed by atoms with Gasteiger partial charge in [-0.25, -0.2) is 9.78 Å². The molecule has 7 heteroatoms. The number of aromatic nitrogens is 1. The van der Waals surface area contributed by atoms with E-state index in [0.29, 0.717) is 16.2 Å². The number of anilines is 1. The van der Waals surface area contributed by atoms with Crippen molar-refractivity contribution in [1.29, 1.82) is 0 Å². The maximum absolute atomic E-state index is 11.9. The van der Waals surface area contributed by atoms with Crippen molar-refractivity contribution in [2.24, 2.45) is 0 Å². The molecular weight excluding hydrogens is 332 g/mol. The molecule has 0 fully saturated rings. The molecule has 0 saturated heterocycles. The fraction of sp³-hybridized carbons (Fsp3) is 0.353. The number of hydrogen-bond acceptors (Lipinski definition) is 6. The zero-order valence-corrected chi connectivity index (χ0v) is 14.7. The Morgan fingerprint density at radius 2 is 1.96 bits per heavy atom. The van der Waals surface area contributed by atoms with Crippen LogP contribution in [0.3, 0.4) is 0 Å². The van der Waals surface area contributed by atoms with E-state index >= 15 is 0 Å². The SMILES string of the molecule is COC(=O)c1cc2cc(Cl)ccc2c(NCC(=O)OC(C)(C)C)n1. The number of hydrogen-bond donors (Lipinski definition) is 1. The molecule has 0 atom stereocenters. The molecule has 0 aliphatic carbocycles. The molecule has 0 amide bonds. The number of ether oxygens (including phenoxy) is 2. The lowest BCUT2D eigenvalue weighted by molar-refractivity contribution is -0.152. The van der Waals surface area contributed by atoms with Crippen LogP contribution in [0.5, 0.6) is 0 Å². The molecular formula is C17H19ClN2O4. The maximum Gasteiger partial charge on any atom is 0.356 e. The molecule has 0 aliphatic heterocycles. The van der Waals surface area contributed by atoms with E-state index in [1.807, 2.05) is 0 Å². The van der Waals surface area contributed by atoms with E-state index in [0.717, 1.165) is 5.39 Å². The highest BCUT2D eigenvalue weighted by atomic mass is 35.5. The van der Waals surface area contributed by atoms with Gasteiger partial charge >= 0.3 is 11.9 Å². The van der Waals surface area contributed by atoms with Gasteiger partial charge in [0.05, 0.1) is 7.11 Å². The summed E-state index contributed by atoms with van der Waals surface area (Å²) in [5, 5.41) is 4.89. The Bertz CT molecular complexity index is 784. The van der Waals surface area contributed by atoms with Crippen LogP contribution in [-0.4, -0.2) is 36.2 Å². The first-order chi connectivity index (χ1) is 11.2. The molecule has 1 N–H and O–H groups in total. The summed E-state index contributed by atoms with van der Waals surface area (Å²) in [6.07, 6.45) is 0. The number of rotatable bonds is 4. The van der Waals surface area contributed by atoms with Gasteiger partial charge in [-0.2, -0.15) is 0 Å². The zero-order valence-electron chi connectivity index (χ0n) is 14.0. The van der Waals surface area contributed by atoms with E-state index in [4.69, 9.17) is 21.1 Å². The summed E-state index contributed by atoms with van der Waals surface area (Å²) in [5.41, 5.74) is -0.450. The van der Waals surface area contributed by atoms with Crippen molar-refractivity contribution >= 4 is 40.1 Å². The van der Waals surface area contributed by atoms with Crippen LogP contribution in [0, 0.1) is 0 Å². The molecule has 0 radical (unpaired) electrons. The first-order valence-electron chi connectivity index (χ1n) is 7.34. The predicted molar refractivity (Wildman–Crippen MR) is 92.4 cm³/mol. The van der Waals surface area contributed by atoms with Gasteiger partial charge in [0.1, 0.15) is 18.0 Å². The summed E-state index contributed by atoms with van der Waals surface area (Å²) in [4.78, 5) is 27.9. The van der Waals surface area contributed by atoms with Crippen molar-refractivity contribution < 1.29 is 19.1 Å². The second kappa shape index (κ2) is 7.05. The molecule has 0 aliphatic rings. The largest absolute Gasteiger partial charge is 0.464 e. The fourth-order valence-corrected chi connectivity index (χ4v) is 2.29. The molecule has 0 spiro atoms. The minimum atomic E-state index is -0.574. The summed E-state index contributed by atoms with van der Waals surface area (Å²) in [5.74, 6) is -0.609. The Morgan fingerprint density at radius 3 is 2.58 bits per heavy atom. The molecule has 6 nitrogen and oxygen atoms in total. The van der Waals surface area contributed by atoms with Gasteiger partial charge in [-0.05, 0) is 50.4 Å². The third kappa shape index (κ3) is 4.58. The fourth-order valence-electron chi connectivity index (χ4n) is 2.11. The van der Waals surface area contributed by atoms with Crippen LogP contribution in [0.4, 0.5) is 5.82 Å². The Labute approximate surface area is 145 Å². The summed E-state index contributed by atoms with van der Waals surface area (Å²) < 4.78 is 9.96. The standard InChI is InChI=1S/C17H19ClN2O4/c1-17(2,3)24-14(21)9-19-15-12-6-5-11(18)7-10(12)8-13(20-15)16(22)23-4/h5-8H,9H2,1-4H3,(H,19,20). The Balaban J connectivity index is 2.33. The molecule has 1 aromatic carbocycles. The number of nitrogens with zero attached hydrogens (tertiary/aromatic N) is 1. The highest BCUT2D eigenvalue weighted by Crippen LogP contribution is 2.26. The number of carbonyl (C=O) groups is 2. The van der Waals surface area contributed by atoms with E-state index < -0.39 is 17.5 Å². The zero-order chi connectivity index (χ0) is 17.9. The number of nitrogens with one attached hydrogen (secondary N) is 1. The van der Waals surface area contributed by atoms with Gasteiger partial charge < -0.3 is 14.8 Å². The highest BCUT2D eigenvalue weighted by Gasteiger charge is 2.17. The predicted octanol–water partition coefficient (Wildman–Crippen LogP) is 3.43. The number of halogens is 1. The minimum Gasteiger partial charge on any atom is -0.464 e. The van der Waals surface area contributed by atoms with E-state index in [9.17, 15) is 9.59 Å². The topological polar surface area (TPSA) is 77.5 Å². The van der Waals surface area contributed by atoms with Crippen LogP contribution >= 0.6 is 11.6 Å². The van der Waals surface area contributed by atoms with E-state index in [1.54, 1.807) is 45.0 Å². The summed E-state index contributed by atoms with van der Waals surface area (Å²) >= 11 is 6.01. The maximum atomic E-state index is 11.9. The smallest absolute Gasteiger partial charge is 0.356 e. The minimum absolute atomic E-state index is 0.0768. The quantitative estimate of drug-likeness (QED) is 0.851. The van der Waals surface area contributed by atoms with Gasteiger partial charge in [0, 0.05) is 10.4 Å². The molecule has 2 aromatic rings. The third-order valence-corrected chi connectivity index (χ3v) is 3.24. The third-order valence-electron chi connectivity index (χ3n) is 3.01.